The summed E-state index contributed by atoms with van der Waals surface area (Å²) in [5, 5.41) is 9.20. The van der Waals surface area contributed by atoms with E-state index in [1.54, 1.807) is 32.2 Å². The van der Waals surface area contributed by atoms with Crippen molar-refractivity contribution in [3.8, 4) is 0 Å². The number of sulfonamides is 1. The molecule has 1 aromatic carbocycles. The van der Waals surface area contributed by atoms with Crippen molar-refractivity contribution >= 4 is 39.0 Å². The Labute approximate surface area is 150 Å². The minimum Gasteiger partial charge on any atom is -0.334 e. The Morgan fingerprint density at radius 3 is 2.44 bits per heavy atom. The van der Waals surface area contributed by atoms with E-state index in [4.69, 9.17) is 11.6 Å². The fraction of sp³-hybridized carbons (Fsp3) is 0.200. The monoisotopic (exact) mass is 383 g/mol. The van der Waals surface area contributed by atoms with Gasteiger partial charge < -0.3 is 10.6 Å². The fourth-order valence-electron chi connectivity index (χ4n) is 2.08. The number of nitrogens with one attached hydrogen (secondary N) is 3. The fourth-order valence-corrected chi connectivity index (χ4v) is 3.90. The maximum Gasteiger partial charge on any atom is 0.319 e. The van der Waals surface area contributed by atoms with E-state index < -0.39 is 10.0 Å². The quantitative estimate of drug-likeness (QED) is 0.666. The zero-order valence-corrected chi connectivity index (χ0v) is 15.3. The lowest BCUT2D eigenvalue weighted by Gasteiger charge is -2.10. The van der Waals surface area contributed by atoms with E-state index in [1.807, 2.05) is 0 Å². The van der Waals surface area contributed by atoms with Crippen LogP contribution < -0.4 is 15.4 Å². The number of carbonyl (C=O) groups is 1. The number of aromatic nitrogens is 2. The Hall–Kier alpha value is -2.52. The number of hydrogen-bond acceptors (Lipinski definition) is 4. The molecule has 0 saturated carbocycles. The lowest BCUT2D eigenvalue weighted by Crippen LogP contribution is -2.28. The first-order chi connectivity index (χ1) is 11.7. The van der Waals surface area contributed by atoms with Crippen LogP contribution in [0.5, 0.6) is 0 Å². The number of aryl methyl sites for hydroxylation is 2. The average Bonchev–Trinajstić information content (AvgIpc) is 2.80. The van der Waals surface area contributed by atoms with E-state index >= 15 is 0 Å². The highest BCUT2D eigenvalue weighted by Gasteiger charge is 2.25. The Balaban J connectivity index is 2.12. The highest BCUT2D eigenvalue weighted by atomic mass is 35.5. The molecule has 25 heavy (non-hydrogen) atoms. The number of nitrogens with zero attached hydrogens (tertiary/aromatic N) is 2. The summed E-state index contributed by atoms with van der Waals surface area (Å²) < 4.78 is 28.7. The summed E-state index contributed by atoms with van der Waals surface area (Å²) in [6.45, 7) is 5.41. The molecule has 0 bridgehead atoms. The molecule has 10 heteroatoms. The number of urea groups is 1. The molecule has 1 heterocycles. The molecule has 0 radical (unpaired) electrons. The van der Waals surface area contributed by atoms with Crippen LogP contribution in [-0.2, 0) is 17.1 Å². The van der Waals surface area contributed by atoms with E-state index in [0.29, 0.717) is 23.6 Å². The second-order valence-electron chi connectivity index (χ2n) is 5.14. The van der Waals surface area contributed by atoms with Crippen molar-refractivity contribution in [2.45, 2.75) is 11.8 Å². The van der Waals surface area contributed by atoms with Crippen LogP contribution in [0.4, 0.5) is 16.2 Å². The van der Waals surface area contributed by atoms with Gasteiger partial charge in [0.2, 0.25) is 0 Å². The SMILES string of the molecule is C=CCNC(=O)Nc1ccc(NS(=O)(=O)c2c(C)nn(C)c2Cl)cc1. The van der Waals surface area contributed by atoms with Crippen LogP contribution in [-0.4, -0.2) is 30.8 Å². The molecule has 0 spiro atoms. The van der Waals surface area contributed by atoms with Gasteiger partial charge in [0.05, 0.1) is 5.69 Å². The molecule has 0 aliphatic carbocycles. The molecule has 3 N–H and O–H groups in total. The summed E-state index contributed by atoms with van der Waals surface area (Å²) in [6, 6.07) is 5.82. The molecule has 0 aliphatic heterocycles. The minimum absolute atomic E-state index is 0.0298. The summed E-state index contributed by atoms with van der Waals surface area (Å²) in [7, 11) is -2.32. The number of benzene rings is 1. The molecular formula is C15H18ClN5O3S. The third-order valence-corrected chi connectivity index (χ3v) is 5.25. The topological polar surface area (TPSA) is 105 Å². The maximum atomic E-state index is 12.5. The zero-order chi connectivity index (χ0) is 18.6. The van der Waals surface area contributed by atoms with Gasteiger partial charge in [-0.2, -0.15) is 5.10 Å². The molecule has 2 amide bonds. The van der Waals surface area contributed by atoms with Gasteiger partial charge in [0.1, 0.15) is 10.0 Å². The number of rotatable bonds is 6. The van der Waals surface area contributed by atoms with Crippen LogP contribution >= 0.6 is 11.6 Å². The van der Waals surface area contributed by atoms with Crippen molar-refractivity contribution in [1.29, 1.82) is 0 Å². The van der Waals surface area contributed by atoms with Gasteiger partial charge in [0, 0.05) is 25.0 Å². The average molecular weight is 384 g/mol. The van der Waals surface area contributed by atoms with Gasteiger partial charge in [-0.3, -0.25) is 9.40 Å². The summed E-state index contributed by atoms with van der Waals surface area (Å²) in [5.74, 6) is 0. The standard InChI is InChI=1S/C15H18ClN5O3S/c1-4-9-17-15(22)18-11-5-7-12(8-6-11)20-25(23,24)13-10(2)19-21(3)14(13)16/h4-8,20H,1,9H2,2-3H3,(H2,17,18,22). The summed E-state index contributed by atoms with van der Waals surface area (Å²) in [4.78, 5) is 11.5. The van der Waals surface area contributed by atoms with Crippen molar-refractivity contribution in [1.82, 2.24) is 15.1 Å². The van der Waals surface area contributed by atoms with Gasteiger partial charge >= 0.3 is 6.03 Å². The number of anilines is 2. The zero-order valence-electron chi connectivity index (χ0n) is 13.7. The number of halogens is 1. The highest BCUT2D eigenvalue weighted by Crippen LogP contribution is 2.26. The van der Waals surface area contributed by atoms with Gasteiger partial charge in [-0.1, -0.05) is 17.7 Å². The Kier molecular flexibility index (Phi) is 5.70. The maximum absolute atomic E-state index is 12.5. The number of carbonyl (C=O) groups excluding carboxylic acids is 1. The van der Waals surface area contributed by atoms with E-state index in [1.165, 1.54) is 16.8 Å². The number of amides is 2. The first kappa shape index (κ1) is 18.8. The lowest BCUT2D eigenvalue weighted by molar-refractivity contribution is 0.253. The molecule has 2 aromatic rings. The van der Waals surface area contributed by atoms with E-state index in [-0.39, 0.29) is 16.1 Å². The number of hydrogen-bond donors (Lipinski definition) is 3. The lowest BCUT2D eigenvalue weighted by atomic mass is 10.3. The van der Waals surface area contributed by atoms with Gasteiger partial charge in [-0.15, -0.1) is 6.58 Å². The van der Waals surface area contributed by atoms with Crippen molar-refractivity contribution < 1.29 is 13.2 Å². The van der Waals surface area contributed by atoms with Crippen LogP contribution in [0.2, 0.25) is 5.15 Å². The predicted molar refractivity (Wildman–Crippen MR) is 97.4 cm³/mol. The van der Waals surface area contributed by atoms with Crippen molar-refractivity contribution in [3.63, 3.8) is 0 Å². The second kappa shape index (κ2) is 7.58. The van der Waals surface area contributed by atoms with Gasteiger partial charge in [0.25, 0.3) is 10.0 Å². The molecular weight excluding hydrogens is 366 g/mol. The van der Waals surface area contributed by atoms with Gasteiger partial charge in [0.15, 0.2) is 0 Å². The minimum atomic E-state index is -3.88. The highest BCUT2D eigenvalue weighted by molar-refractivity contribution is 7.92. The molecule has 0 unspecified atom stereocenters. The smallest absolute Gasteiger partial charge is 0.319 e. The molecule has 2 rings (SSSR count). The molecule has 0 saturated heterocycles. The van der Waals surface area contributed by atoms with Crippen molar-refractivity contribution in [3.05, 3.63) is 47.8 Å². The predicted octanol–water partition coefficient (Wildman–Crippen LogP) is 2.49. The van der Waals surface area contributed by atoms with Crippen molar-refractivity contribution in [2.24, 2.45) is 7.05 Å². The molecule has 0 aliphatic rings. The molecule has 0 fully saturated rings. The third-order valence-electron chi connectivity index (χ3n) is 3.17. The van der Waals surface area contributed by atoms with Crippen LogP contribution in [0.25, 0.3) is 0 Å². The van der Waals surface area contributed by atoms with Crippen LogP contribution in [0.3, 0.4) is 0 Å². The molecule has 8 nitrogen and oxygen atoms in total. The summed E-state index contributed by atoms with van der Waals surface area (Å²) in [5.41, 5.74) is 1.15. The van der Waals surface area contributed by atoms with Gasteiger partial charge in [-0.25, -0.2) is 13.2 Å². The van der Waals surface area contributed by atoms with Crippen molar-refractivity contribution in [2.75, 3.05) is 16.6 Å². The second-order valence-corrected chi connectivity index (χ2v) is 7.11. The largest absolute Gasteiger partial charge is 0.334 e. The molecule has 0 atom stereocenters. The normalized spacial score (nSPS) is 11.0. The Morgan fingerprint density at radius 2 is 1.92 bits per heavy atom. The van der Waals surface area contributed by atoms with Crippen LogP contribution in [0.1, 0.15) is 5.69 Å². The van der Waals surface area contributed by atoms with E-state index in [0.717, 1.165) is 0 Å². The molecule has 1 aromatic heterocycles. The van der Waals surface area contributed by atoms with Crippen LogP contribution in [0, 0.1) is 6.92 Å². The summed E-state index contributed by atoms with van der Waals surface area (Å²) in [6.07, 6.45) is 1.56. The van der Waals surface area contributed by atoms with Crippen LogP contribution in [0.15, 0.2) is 41.8 Å². The van der Waals surface area contributed by atoms with E-state index in [9.17, 15) is 13.2 Å². The summed E-state index contributed by atoms with van der Waals surface area (Å²) >= 11 is 6.01. The van der Waals surface area contributed by atoms with Gasteiger partial charge in [-0.05, 0) is 31.2 Å². The van der Waals surface area contributed by atoms with E-state index in [2.05, 4.69) is 27.0 Å². The molecule has 134 valence electrons. The first-order valence-corrected chi connectivity index (χ1v) is 9.08. The third kappa shape index (κ3) is 4.52. The Morgan fingerprint density at radius 1 is 1.32 bits per heavy atom. The first-order valence-electron chi connectivity index (χ1n) is 7.22. The Bertz CT molecular complexity index is 891.